The molecule has 3 aromatic rings. The van der Waals surface area contributed by atoms with Crippen LogP contribution in [0.5, 0.6) is 0 Å². The average Bonchev–Trinajstić information content (AvgIpc) is 3.15. The van der Waals surface area contributed by atoms with Crippen LogP contribution in [0.3, 0.4) is 0 Å². The molecule has 0 saturated carbocycles. The van der Waals surface area contributed by atoms with Gasteiger partial charge in [0.1, 0.15) is 5.82 Å². The van der Waals surface area contributed by atoms with E-state index in [4.69, 9.17) is 11.6 Å². The first-order chi connectivity index (χ1) is 14.4. The largest absolute Gasteiger partial charge is 0.352 e. The van der Waals surface area contributed by atoms with E-state index in [-0.39, 0.29) is 17.9 Å². The van der Waals surface area contributed by atoms with Gasteiger partial charge < -0.3 is 15.6 Å². The Kier molecular flexibility index (Phi) is 7.46. The quantitative estimate of drug-likeness (QED) is 0.436. The van der Waals surface area contributed by atoms with E-state index in [0.29, 0.717) is 35.9 Å². The molecule has 2 amide bonds. The molecule has 30 heavy (non-hydrogen) atoms. The number of para-hydroxylation sites is 2. The molecule has 0 saturated heterocycles. The Labute approximate surface area is 181 Å². The molecule has 0 aliphatic rings. The summed E-state index contributed by atoms with van der Waals surface area (Å²) in [5, 5.41) is 6.51. The summed E-state index contributed by atoms with van der Waals surface area (Å²) in [5.41, 5.74) is 2.39. The van der Waals surface area contributed by atoms with Crippen LogP contribution in [0.4, 0.5) is 0 Å². The molecule has 6 nitrogen and oxygen atoms in total. The van der Waals surface area contributed by atoms with E-state index in [0.717, 1.165) is 23.3 Å². The van der Waals surface area contributed by atoms with Gasteiger partial charge in [-0.15, -0.1) is 0 Å². The Morgan fingerprint density at radius 2 is 1.83 bits per heavy atom. The van der Waals surface area contributed by atoms with Gasteiger partial charge in [0, 0.05) is 23.6 Å². The summed E-state index contributed by atoms with van der Waals surface area (Å²) < 4.78 is 0. The number of carbonyl (C=O) groups is 2. The number of fused-ring (bicyclic) bond motifs is 1. The number of benzene rings is 2. The molecular weight excluding hydrogens is 400 g/mol. The summed E-state index contributed by atoms with van der Waals surface area (Å²) in [4.78, 5) is 32.6. The zero-order valence-electron chi connectivity index (χ0n) is 17.2. The summed E-state index contributed by atoms with van der Waals surface area (Å²) in [6, 6.07) is 14.4. The standard InChI is InChI=1S/C23H27ClN4O2/c1-15(2)14-20(22-27-18-6-3-4-7-19(18)28-22)26-21(29)8-5-13-25-23(30)16-9-11-17(24)12-10-16/h3-4,6-7,9-12,15,20H,5,8,13-14H2,1-2H3,(H,25,30)(H,26,29)(H,27,28). The molecule has 1 unspecified atom stereocenters. The zero-order valence-corrected chi connectivity index (χ0v) is 18.0. The highest BCUT2D eigenvalue weighted by Crippen LogP contribution is 2.22. The maximum Gasteiger partial charge on any atom is 0.251 e. The van der Waals surface area contributed by atoms with Gasteiger partial charge in [-0.05, 0) is 55.2 Å². The molecule has 0 fully saturated rings. The topological polar surface area (TPSA) is 86.9 Å². The third kappa shape index (κ3) is 6.07. The number of amides is 2. The van der Waals surface area contributed by atoms with Gasteiger partial charge in [-0.2, -0.15) is 0 Å². The van der Waals surface area contributed by atoms with Gasteiger partial charge in [-0.25, -0.2) is 4.98 Å². The van der Waals surface area contributed by atoms with Crippen molar-refractivity contribution in [2.75, 3.05) is 6.54 Å². The number of nitrogens with one attached hydrogen (secondary N) is 3. The van der Waals surface area contributed by atoms with Crippen LogP contribution in [-0.4, -0.2) is 28.3 Å². The highest BCUT2D eigenvalue weighted by Gasteiger charge is 2.19. The summed E-state index contributed by atoms with van der Waals surface area (Å²) in [5.74, 6) is 0.949. The molecule has 158 valence electrons. The lowest BCUT2D eigenvalue weighted by Crippen LogP contribution is -2.31. The van der Waals surface area contributed by atoms with E-state index in [2.05, 4.69) is 34.4 Å². The molecule has 3 rings (SSSR count). The van der Waals surface area contributed by atoms with Crippen LogP contribution in [0.2, 0.25) is 5.02 Å². The lowest BCUT2D eigenvalue weighted by molar-refractivity contribution is -0.122. The van der Waals surface area contributed by atoms with Crippen LogP contribution in [0, 0.1) is 5.92 Å². The number of halogens is 1. The summed E-state index contributed by atoms with van der Waals surface area (Å²) >= 11 is 5.84. The fourth-order valence-electron chi connectivity index (χ4n) is 3.27. The van der Waals surface area contributed by atoms with Crippen LogP contribution >= 0.6 is 11.6 Å². The van der Waals surface area contributed by atoms with Crippen LogP contribution < -0.4 is 10.6 Å². The van der Waals surface area contributed by atoms with E-state index < -0.39 is 0 Å². The monoisotopic (exact) mass is 426 g/mol. The summed E-state index contributed by atoms with van der Waals surface area (Å²) in [7, 11) is 0. The number of H-pyrrole nitrogens is 1. The Balaban J connectivity index is 1.50. The van der Waals surface area contributed by atoms with E-state index in [1.165, 1.54) is 0 Å². The van der Waals surface area contributed by atoms with Crippen LogP contribution in [0.1, 0.15) is 55.3 Å². The molecule has 0 spiro atoms. The van der Waals surface area contributed by atoms with Crippen molar-refractivity contribution in [3.8, 4) is 0 Å². The second kappa shape index (κ2) is 10.3. The third-order valence-corrected chi connectivity index (χ3v) is 5.00. The minimum atomic E-state index is -0.174. The van der Waals surface area contributed by atoms with E-state index >= 15 is 0 Å². The van der Waals surface area contributed by atoms with Gasteiger partial charge in [0.2, 0.25) is 5.91 Å². The molecule has 0 aliphatic carbocycles. The van der Waals surface area contributed by atoms with Gasteiger partial charge in [0.05, 0.1) is 17.1 Å². The lowest BCUT2D eigenvalue weighted by atomic mass is 10.0. The minimum Gasteiger partial charge on any atom is -0.352 e. The fourth-order valence-corrected chi connectivity index (χ4v) is 3.39. The molecule has 2 aromatic carbocycles. The maximum atomic E-state index is 12.5. The van der Waals surface area contributed by atoms with Gasteiger partial charge in [-0.1, -0.05) is 37.6 Å². The van der Waals surface area contributed by atoms with Crippen molar-refractivity contribution in [2.45, 2.75) is 39.2 Å². The average molecular weight is 427 g/mol. The first-order valence-electron chi connectivity index (χ1n) is 10.2. The van der Waals surface area contributed by atoms with Gasteiger partial charge in [-0.3, -0.25) is 9.59 Å². The van der Waals surface area contributed by atoms with Crippen molar-refractivity contribution >= 4 is 34.4 Å². The smallest absolute Gasteiger partial charge is 0.251 e. The van der Waals surface area contributed by atoms with Crippen molar-refractivity contribution in [1.82, 2.24) is 20.6 Å². The molecule has 1 atom stereocenters. The zero-order chi connectivity index (χ0) is 21.5. The summed E-state index contributed by atoms with van der Waals surface area (Å²) in [6.07, 6.45) is 1.67. The van der Waals surface area contributed by atoms with Crippen molar-refractivity contribution in [1.29, 1.82) is 0 Å². The molecule has 7 heteroatoms. The summed E-state index contributed by atoms with van der Waals surface area (Å²) in [6.45, 7) is 4.66. The Hall–Kier alpha value is -2.86. The van der Waals surface area contributed by atoms with Crippen LogP contribution in [0.15, 0.2) is 48.5 Å². The number of rotatable bonds is 9. The van der Waals surface area contributed by atoms with Crippen molar-refractivity contribution in [3.05, 3.63) is 64.9 Å². The molecule has 0 aliphatic heterocycles. The van der Waals surface area contributed by atoms with Crippen LogP contribution in [0.25, 0.3) is 11.0 Å². The number of aromatic nitrogens is 2. The predicted octanol–water partition coefficient (Wildman–Crippen LogP) is 4.63. The minimum absolute atomic E-state index is 0.0538. The lowest BCUT2D eigenvalue weighted by Gasteiger charge is -2.18. The molecule has 0 radical (unpaired) electrons. The van der Waals surface area contributed by atoms with E-state index in [1.54, 1.807) is 24.3 Å². The highest BCUT2D eigenvalue weighted by molar-refractivity contribution is 6.30. The number of hydrogen-bond donors (Lipinski definition) is 3. The Morgan fingerprint density at radius 3 is 2.53 bits per heavy atom. The number of hydrogen-bond acceptors (Lipinski definition) is 3. The van der Waals surface area contributed by atoms with Gasteiger partial charge in [0.15, 0.2) is 0 Å². The van der Waals surface area contributed by atoms with E-state index in [1.807, 2.05) is 24.3 Å². The van der Waals surface area contributed by atoms with Crippen molar-refractivity contribution in [2.24, 2.45) is 5.92 Å². The van der Waals surface area contributed by atoms with Crippen molar-refractivity contribution < 1.29 is 9.59 Å². The molecule has 1 heterocycles. The second-order valence-electron chi connectivity index (χ2n) is 7.76. The predicted molar refractivity (Wildman–Crippen MR) is 119 cm³/mol. The number of imidazole rings is 1. The van der Waals surface area contributed by atoms with Crippen LogP contribution in [-0.2, 0) is 4.79 Å². The first-order valence-corrected chi connectivity index (χ1v) is 10.6. The van der Waals surface area contributed by atoms with Gasteiger partial charge >= 0.3 is 0 Å². The van der Waals surface area contributed by atoms with Crippen molar-refractivity contribution in [3.63, 3.8) is 0 Å². The normalized spacial score (nSPS) is 12.1. The Morgan fingerprint density at radius 1 is 1.10 bits per heavy atom. The molecule has 1 aromatic heterocycles. The first kappa shape index (κ1) is 21.8. The van der Waals surface area contributed by atoms with Gasteiger partial charge in [0.25, 0.3) is 5.91 Å². The number of carbonyl (C=O) groups excluding carboxylic acids is 2. The number of aromatic amines is 1. The molecular formula is C23H27ClN4O2. The number of nitrogens with zero attached hydrogens (tertiary/aromatic N) is 1. The second-order valence-corrected chi connectivity index (χ2v) is 8.19. The molecule has 0 bridgehead atoms. The maximum absolute atomic E-state index is 12.5. The SMILES string of the molecule is CC(C)CC(NC(=O)CCCNC(=O)c1ccc(Cl)cc1)c1nc2ccccc2[nH]1. The third-order valence-electron chi connectivity index (χ3n) is 4.75. The Bertz CT molecular complexity index is 965. The van der Waals surface area contributed by atoms with E-state index in [9.17, 15) is 9.59 Å². The fraction of sp³-hybridized carbons (Fsp3) is 0.348. The molecule has 3 N–H and O–H groups in total. The highest BCUT2D eigenvalue weighted by atomic mass is 35.5.